The normalized spacial score (nSPS) is 15.2. The number of carbonyl (C=O) groups excluding carboxylic acids is 1. The molecule has 7 heteroatoms. The number of aromatic nitrogens is 1. The molecule has 0 saturated heterocycles. The summed E-state index contributed by atoms with van der Waals surface area (Å²) in [4.78, 5) is 14.2. The largest absolute Gasteiger partial charge is 0.550 e. The third-order valence-corrected chi connectivity index (χ3v) is 7.06. The van der Waals surface area contributed by atoms with Crippen LogP contribution in [0.15, 0.2) is 70.1 Å². The van der Waals surface area contributed by atoms with Crippen molar-refractivity contribution in [2.24, 2.45) is 0 Å². The minimum Gasteiger partial charge on any atom is -0.550 e. The summed E-state index contributed by atoms with van der Waals surface area (Å²) in [5, 5.41) is 22.6. The highest BCUT2D eigenvalue weighted by atomic mass is 32.2. The second-order valence-corrected chi connectivity index (χ2v) is 9.12. The molecular weight excluding hydrogens is 416 g/mol. The predicted molar refractivity (Wildman–Crippen MR) is 120 cm³/mol. The Hall–Kier alpha value is -2.61. The topological polar surface area (TPSA) is 67.5 Å². The zero-order valence-electron chi connectivity index (χ0n) is 16.6. The maximum atomic E-state index is 11.0. The van der Waals surface area contributed by atoms with E-state index in [0.29, 0.717) is 13.1 Å². The van der Waals surface area contributed by atoms with Crippen LogP contribution in [0.2, 0.25) is 0 Å². The Morgan fingerprint density at radius 1 is 1.20 bits per heavy atom. The first-order valence-electron chi connectivity index (χ1n) is 9.73. The molecule has 0 amide bonds. The third kappa shape index (κ3) is 4.28. The van der Waals surface area contributed by atoms with E-state index in [4.69, 9.17) is 0 Å². The van der Waals surface area contributed by atoms with Crippen molar-refractivity contribution in [1.29, 1.82) is 0 Å². The summed E-state index contributed by atoms with van der Waals surface area (Å²) in [6, 6.07) is 16.2. The van der Waals surface area contributed by atoms with Crippen molar-refractivity contribution in [2.75, 3.05) is 18.1 Å². The standard InChI is InChI=1S/C23H22N2O3S2/c1-16(15-22-25(12-13-26)18-7-3-5-9-20(18)30-22)14-21-24(11-10-23(27)28)17-6-2-4-8-19(17)29-21/h2-9,14-15,26H,10-13H2,1H3. The second kappa shape index (κ2) is 9.04. The van der Waals surface area contributed by atoms with Crippen LogP contribution in [0.25, 0.3) is 16.3 Å². The lowest BCUT2D eigenvalue weighted by atomic mass is 10.2. The summed E-state index contributed by atoms with van der Waals surface area (Å²) in [6.07, 6.45) is 4.18. The number of aliphatic hydroxyl groups excluding tert-OH is 1. The molecule has 0 spiro atoms. The zero-order valence-corrected chi connectivity index (χ0v) is 18.2. The Morgan fingerprint density at radius 2 is 1.97 bits per heavy atom. The average Bonchev–Trinajstić information content (AvgIpc) is 3.24. The van der Waals surface area contributed by atoms with Gasteiger partial charge in [-0.2, -0.15) is 4.57 Å². The number of nitrogens with zero attached hydrogens (tertiary/aromatic N) is 2. The molecule has 0 saturated carbocycles. The molecule has 0 unspecified atom stereocenters. The zero-order chi connectivity index (χ0) is 21.1. The van der Waals surface area contributed by atoms with Crippen LogP contribution in [0, 0.1) is 0 Å². The molecule has 4 rings (SSSR count). The van der Waals surface area contributed by atoms with Crippen LogP contribution < -0.4 is 14.6 Å². The number of aliphatic carboxylic acids is 1. The molecule has 5 nitrogen and oxygen atoms in total. The van der Waals surface area contributed by atoms with Crippen molar-refractivity contribution in [1.82, 2.24) is 0 Å². The minimum absolute atomic E-state index is 0.0260. The van der Waals surface area contributed by atoms with Gasteiger partial charge < -0.3 is 19.9 Å². The molecule has 1 aromatic heterocycles. The average molecular weight is 439 g/mol. The number of carboxylic acids is 1. The molecule has 1 N–H and O–H groups in total. The van der Waals surface area contributed by atoms with E-state index >= 15 is 0 Å². The number of allylic oxidation sites excluding steroid dienone is 2. The molecule has 0 atom stereocenters. The van der Waals surface area contributed by atoms with Gasteiger partial charge in [0.05, 0.1) is 10.7 Å². The van der Waals surface area contributed by atoms with Gasteiger partial charge in [0.2, 0.25) is 5.52 Å². The Balaban J connectivity index is 1.68. The summed E-state index contributed by atoms with van der Waals surface area (Å²) >= 11 is 3.34. The molecule has 0 aliphatic carbocycles. The first-order chi connectivity index (χ1) is 14.6. The van der Waals surface area contributed by atoms with Crippen molar-refractivity contribution in [3.8, 4) is 0 Å². The van der Waals surface area contributed by atoms with Gasteiger partial charge in [0, 0.05) is 36.0 Å². The van der Waals surface area contributed by atoms with Gasteiger partial charge in [-0.25, -0.2) is 0 Å². The van der Waals surface area contributed by atoms with Crippen LogP contribution in [-0.2, 0) is 11.3 Å². The van der Waals surface area contributed by atoms with Gasteiger partial charge in [-0.3, -0.25) is 0 Å². The maximum absolute atomic E-state index is 11.0. The molecule has 3 aromatic rings. The van der Waals surface area contributed by atoms with E-state index in [-0.39, 0.29) is 13.0 Å². The Bertz CT molecular complexity index is 1150. The highest BCUT2D eigenvalue weighted by Gasteiger charge is 2.24. The molecular formula is C23H22N2O3S2. The highest BCUT2D eigenvalue weighted by Crippen LogP contribution is 2.46. The van der Waals surface area contributed by atoms with Crippen LogP contribution in [0.5, 0.6) is 0 Å². The highest BCUT2D eigenvalue weighted by molar-refractivity contribution is 8.03. The molecule has 2 heterocycles. The fourth-order valence-corrected chi connectivity index (χ4v) is 5.91. The maximum Gasteiger partial charge on any atom is 0.263 e. The molecule has 30 heavy (non-hydrogen) atoms. The quantitative estimate of drug-likeness (QED) is 0.574. The van der Waals surface area contributed by atoms with Crippen molar-refractivity contribution >= 4 is 51.0 Å². The number of thiazole rings is 1. The van der Waals surface area contributed by atoms with Gasteiger partial charge in [-0.1, -0.05) is 47.4 Å². The summed E-state index contributed by atoms with van der Waals surface area (Å²) in [6.45, 7) is 3.03. The summed E-state index contributed by atoms with van der Waals surface area (Å²) in [5.74, 6) is -1.05. The number of carbonyl (C=O) groups is 1. The summed E-state index contributed by atoms with van der Waals surface area (Å²) in [5.41, 5.74) is 3.20. The van der Waals surface area contributed by atoms with Crippen molar-refractivity contribution in [3.05, 3.63) is 70.2 Å². The van der Waals surface area contributed by atoms with E-state index in [9.17, 15) is 15.0 Å². The van der Waals surface area contributed by atoms with Crippen LogP contribution >= 0.6 is 23.1 Å². The van der Waals surface area contributed by atoms with Crippen molar-refractivity contribution < 1.29 is 19.6 Å². The molecule has 0 bridgehead atoms. The number of anilines is 1. The number of benzene rings is 2. The van der Waals surface area contributed by atoms with Crippen LogP contribution in [0.4, 0.5) is 5.69 Å². The summed E-state index contributed by atoms with van der Waals surface area (Å²) in [7, 11) is 0. The number of thioether (sulfide) groups is 1. The first kappa shape index (κ1) is 20.7. The van der Waals surface area contributed by atoms with Crippen LogP contribution in [0.1, 0.15) is 18.4 Å². The second-order valence-electron chi connectivity index (χ2n) is 7.00. The Labute approximate surface area is 183 Å². The first-order valence-corrected chi connectivity index (χ1v) is 11.4. The van der Waals surface area contributed by atoms with Crippen molar-refractivity contribution in [2.45, 2.75) is 24.8 Å². The van der Waals surface area contributed by atoms with E-state index in [1.807, 2.05) is 48.2 Å². The minimum atomic E-state index is -1.05. The monoisotopic (exact) mass is 438 g/mol. The Kier molecular flexibility index (Phi) is 6.22. The van der Waals surface area contributed by atoms with E-state index in [1.54, 1.807) is 23.1 Å². The fraction of sp³-hybridized carbons (Fsp3) is 0.217. The number of hydrogen-bond donors (Lipinski definition) is 1. The van der Waals surface area contributed by atoms with Crippen LogP contribution in [0.3, 0.4) is 0 Å². The van der Waals surface area contributed by atoms with Gasteiger partial charge in [-0.15, -0.1) is 0 Å². The van der Waals surface area contributed by atoms with Crippen LogP contribution in [-0.4, -0.2) is 24.2 Å². The number of aliphatic hydroxyl groups is 1. The number of carboxylic acid groups (broad SMARTS) is 1. The lowest BCUT2D eigenvalue weighted by Gasteiger charge is -2.20. The van der Waals surface area contributed by atoms with Gasteiger partial charge in [0.15, 0.2) is 6.54 Å². The predicted octanol–water partition coefficient (Wildman–Crippen LogP) is 3.18. The van der Waals surface area contributed by atoms with Gasteiger partial charge >= 0.3 is 0 Å². The SMILES string of the molecule is CC(/C=C1\Sc2ccccc2N1CCC(=O)[O-])=C\c1sc2ccccc2[n+]1CCO. The number of para-hydroxylation sites is 2. The molecule has 1 aliphatic rings. The number of fused-ring (bicyclic) bond motifs is 2. The van der Waals surface area contributed by atoms with E-state index in [0.717, 1.165) is 31.7 Å². The van der Waals surface area contributed by atoms with E-state index in [2.05, 4.69) is 28.9 Å². The number of rotatable bonds is 7. The van der Waals surface area contributed by atoms with Gasteiger partial charge in [0.25, 0.3) is 5.01 Å². The van der Waals surface area contributed by atoms with Gasteiger partial charge in [0.1, 0.15) is 11.3 Å². The molecule has 1 aliphatic heterocycles. The fourth-order valence-electron chi connectivity index (χ4n) is 3.52. The smallest absolute Gasteiger partial charge is 0.263 e. The third-order valence-electron chi connectivity index (χ3n) is 4.84. The lowest BCUT2D eigenvalue weighted by Crippen LogP contribution is -2.36. The summed E-state index contributed by atoms with van der Waals surface area (Å²) < 4.78 is 3.31. The molecule has 2 aromatic carbocycles. The lowest BCUT2D eigenvalue weighted by molar-refractivity contribution is -0.670. The number of hydrogen-bond acceptors (Lipinski definition) is 6. The molecule has 154 valence electrons. The van der Waals surface area contributed by atoms with E-state index < -0.39 is 5.97 Å². The molecule has 0 fully saturated rings. The molecule has 0 radical (unpaired) electrons. The Morgan fingerprint density at radius 3 is 2.77 bits per heavy atom. The van der Waals surface area contributed by atoms with Gasteiger partial charge in [-0.05, 0) is 36.8 Å². The van der Waals surface area contributed by atoms with Crippen molar-refractivity contribution in [3.63, 3.8) is 0 Å². The van der Waals surface area contributed by atoms with E-state index in [1.165, 1.54) is 4.70 Å².